The van der Waals surface area contributed by atoms with E-state index < -0.39 is 0 Å². The van der Waals surface area contributed by atoms with Crippen molar-refractivity contribution in [1.82, 2.24) is 15.5 Å². The molecule has 0 aromatic carbocycles. The zero-order chi connectivity index (χ0) is 12.3. The van der Waals surface area contributed by atoms with Crippen LogP contribution < -0.4 is 10.6 Å². The molecule has 1 amide bonds. The fourth-order valence-corrected chi connectivity index (χ4v) is 2.54. The smallest absolute Gasteiger partial charge is 0.236 e. The van der Waals surface area contributed by atoms with Gasteiger partial charge in [0, 0.05) is 13.1 Å². The molecule has 0 aromatic heterocycles. The number of likely N-dealkylation sites (N-methyl/N-ethyl adjacent to an activating group) is 1. The summed E-state index contributed by atoms with van der Waals surface area (Å²) in [6.45, 7) is 5.30. The number of carbonyl (C=O) groups excluding carboxylic acids is 1. The van der Waals surface area contributed by atoms with Gasteiger partial charge in [0.05, 0.1) is 6.04 Å². The van der Waals surface area contributed by atoms with Gasteiger partial charge in [-0.3, -0.25) is 9.69 Å². The number of hydrogen-bond acceptors (Lipinski definition) is 3. The molecule has 0 aromatic rings. The Hall–Kier alpha value is -0.610. The van der Waals surface area contributed by atoms with Gasteiger partial charge in [0.1, 0.15) is 0 Å². The monoisotopic (exact) mass is 239 g/mol. The fraction of sp³-hybridized carbons (Fsp3) is 0.923. The first kappa shape index (κ1) is 12.8. The molecule has 1 aliphatic heterocycles. The number of nitrogens with one attached hydrogen (secondary N) is 2. The summed E-state index contributed by atoms with van der Waals surface area (Å²) in [5, 5.41) is 6.34. The molecule has 0 radical (unpaired) electrons. The van der Waals surface area contributed by atoms with Crippen LogP contribution in [0.1, 0.15) is 32.6 Å². The third-order valence-corrected chi connectivity index (χ3v) is 4.10. The quantitative estimate of drug-likeness (QED) is 0.738. The summed E-state index contributed by atoms with van der Waals surface area (Å²) in [5.74, 6) is 0.947. The van der Waals surface area contributed by atoms with Gasteiger partial charge in [0.2, 0.25) is 5.91 Å². The number of amides is 1. The van der Waals surface area contributed by atoms with Crippen molar-refractivity contribution in [2.24, 2.45) is 5.92 Å². The van der Waals surface area contributed by atoms with Crippen molar-refractivity contribution in [3.63, 3.8) is 0 Å². The van der Waals surface area contributed by atoms with E-state index in [0.717, 1.165) is 25.0 Å². The average molecular weight is 239 g/mol. The first-order valence-electron chi connectivity index (χ1n) is 6.89. The SMILES string of the molecule is CNC(=O)C(C)N1CCC(CNC2CC2)CC1. The Morgan fingerprint density at radius 2 is 1.94 bits per heavy atom. The number of hydrogen-bond donors (Lipinski definition) is 2. The van der Waals surface area contributed by atoms with Crippen LogP contribution in [0.15, 0.2) is 0 Å². The minimum Gasteiger partial charge on any atom is -0.358 e. The molecule has 1 atom stereocenters. The van der Waals surface area contributed by atoms with Crippen molar-refractivity contribution >= 4 is 5.91 Å². The van der Waals surface area contributed by atoms with Crippen LogP contribution in [0, 0.1) is 5.92 Å². The zero-order valence-electron chi connectivity index (χ0n) is 11.0. The fourth-order valence-electron chi connectivity index (χ4n) is 2.54. The Bertz CT molecular complexity index is 257. The van der Waals surface area contributed by atoms with E-state index in [2.05, 4.69) is 15.5 Å². The molecular weight excluding hydrogens is 214 g/mol. The van der Waals surface area contributed by atoms with Crippen LogP contribution in [0.25, 0.3) is 0 Å². The molecular formula is C13H25N3O. The highest BCUT2D eigenvalue weighted by Crippen LogP contribution is 2.22. The van der Waals surface area contributed by atoms with Gasteiger partial charge in [-0.25, -0.2) is 0 Å². The van der Waals surface area contributed by atoms with Crippen LogP contribution in [0.3, 0.4) is 0 Å². The van der Waals surface area contributed by atoms with Crippen LogP contribution in [0.4, 0.5) is 0 Å². The van der Waals surface area contributed by atoms with E-state index in [1.807, 2.05) is 6.92 Å². The summed E-state index contributed by atoms with van der Waals surface area (Å²) in [5.41, 5.74) is 0. The van der Waals surface area contributed by atoms with Crippen LogP contribution in [0.5, 0.6) is 0 Å². The number of piperidine rings is 1. The molecule has 1 saturated carbocycles. The summed E-state index contributed by atoms with van der Waals surface area (Å²) in [7, 11) is 1.71. The number of carbonyl (C=O) groups is 1. The maximum atomic E-state index is 11.6. The molecule has 1 aliphatic carbocycles. The van der Waals surface area contributed by atoms with Gasteiger partial charge in [-0.1, -0.05) is 0 Å². The number of nitrogens with zero attached hydrogens (tertiary/aromatic N) is 1. The second-order valence-electron chi connectivity index (χ2n) is 5.45. The van der Waals surface area contributed by atoms with Gasteiger partial charge in [-0.15, -0.1) is 0 Å². The van der Waals surface area contributed by atoms with Gasteiger partial charge < -0.3 is 10.6 Å². The molecule has 2 fully saturated rings. The van der Waals surface area contributed by atoms with E-state index in [9.17, 15) is 4.79 Å². The average Bonchev–Trinajstić information content (AvgIpc) is 3.19. The standard InChI is InChI=1S/C13H25N3O/c1-10(13(17)14-2)16-7-5-11(6-8-16)9-15-12-3-4-12/h10-12,15H,3-9H2,1-2H3,(H,14,17). The van der Waals surface area contributed by atoms with E-state index in [-0.39, 0.29) is 11.9 Å². The lowest BCUT2D eigenvalue weighted by atomic mass is 9.95. The molecule has 0 spiro atoms. The summed E-state index contributed by atoms with van der Waals surface area (Å²) in [4.78, 5) is 13.8. The summed E-state index contributed by atoms with van der Waals surface area (Å²) >= 11 is 0. The van der Waals surface area contributed by atoms with E-state index in [0.29, 0.717) is 0 Å². The lowest BCUT2D eigenvalue weighted by molar-refractivity contribution is -0.125. The van der Waals surface area contributed by atoms with Crippen molar-refractivity contribution in [1.29, 1.82) is 0 Å². The second-order valence-corrected chi connectivity index (χ2v) is 5.45. The molecule has 1 unspecified atom stereocenters. The molecule has 98 valence electrons. The predicted octanol–water partition coefficient (Wildman–Crippen LogP) is 0.585. The lowest BCUT2D eigenvalue weighted by Gasteiger charge is -2.35. The number of likely N-dealkylation sites (tertiary alicyclic amines) is 1. The minimum absolute atomic E-state index is 0.0253. The molecule has 17 heavy (non-hydrogen) atoms. The molecule has 1 heterocycles. The Morgan fingerprint density at radius 1 is 1.29 bits per heavy atom. The highest BCUT2D eigenvalue weighted by Gasteiger charge is 2.27. The highest BCUT2D eigenvalue weighted by atomic mass is 16.2. The van der Waals surface area contributed by atoms with E-state index in [1.165, 1.54) is 32.2 Å². The molecule has 0 bridgehead atoms. The predicted molar refractivity (Wildman–Crippen MR) is 68.9 cm³/mol. The van der Waals surface area contributed by atoms with E-state index in [4.69, 9.17) is 0 Å². The first-order chi connectivity index (χ1) is 8.20. The third-order valence-electron chi connectivity index (χ3n) is 4.10. The summed E-state index contributed by atoms with van der Waals surface area (Å²) in [6.07, 6.45) is 5.18. The Balaban J connectivity index is 1.67. The van der Waals surface area contributed by atoms with Crippen molar-refractivity contribution in [2.45, 2.75) is 44.7 Å². The first-order valence-corrected chi connectivity index (χ1v) is 6.89. The lowest BCUT2D eigenvalue weighted by Crippen LogP contribution is -2.48. The largest absolute Gasteiger partial charge is 0.358 e. The molecule has 4 heteroatoms. The Morgan fingerprint density at radius 3 is 2.47 bits per heavy atom. The van der Waals surface area contributed by atoms with Crippen molar-refractivity contribution < 1.29 is 4.79 Å². The highest BCUT2D eigenvalue weighted by molar-refractivity contribution is 5.80. The maximum Gasteiger partial charge on any atom is 0.236 e. The van der Waals surface area contributed by atoms with Crippen molar-refractivity contribution in [3.8, 4) is 0 Å². The molecule has 4 nitrogen and oxygen atoms in total. The normalized spacial score (nSPS) is 24.6. The maximum absolute atomic E-state index is 11.6. The van der Waals surface area contributed by atoms with Gasteiger partial charge >= 0.3 is 0 Å². The molecule has 2 N–H and O–H groups in total. The van der Waals surface area contributed by atoms with Gasteiger partial charge in [0.15, 0.2) is 0 Å². The van der Waals surface area contributed by atoms with Crippen LogP contribution in [-0.2, 0) is 4.79 Å². The second kappa shape index (κ2) is 5.83. The van der Waals surface area contributed by atoms with Gasteiger partial charge in [0.25, 0.3) is 0 Å². The summed E-state index contributed by atoms with van der Waals surface area (Å²) < 4.78 is 0. The van der Waals surface area contributed by atoms with E-state index >= 15 is 0 Å². The van der Waals surface area contributed by atoms with Crippen LogP contribution in [0.2, 0.25) is 0 Å². The Kier molecular flexibility index (Phi) is 4.40. The summed E-state index contributed by atoms with van der Waals surface area (Å²) in [6, 6.07) is 0.843. The molecule has 1 saturated heterocycles. The molecule has 2 rings (SSSR count). The van der Waals surface area contributed by atoms with Crippen LogP contribution in [-0.4, -0.2) is 49.6 Å². The minimum atomic E-state index is 0.0253. The zero-order valence-corrected chi connectivity index (χ0v) is 11.0. The van der Waals surface area contributed by atoms with E-state index in [1.54, 1.807) is 7.05 Å². The van der Waals surface area contributed by atoms with Crippen molar-refractivity contribution in [3.05, 3.63) is 0 Å². The third kappa shape index (κ3) is 3.68. The van der Waals surface area contributed by atoms with Crippen LogP contribution >= 0.6 is 0 Å². The van der Waals surface area contributed by atoms with Gasteiger partial charge in [-0.05, 0) is 58.2 Å². The van der Waals surface area contributed by atoms with Gasteiger partial charge in [-0.2, -0.15) is 0 Å². The Labute approximate surface area is 104 Å². The number of rotatable bonds is 5. The molecule has 2 aliphatic rings. The topological polar surface area (TPSA) is 44.4 Å². The van der Waals surface area contributed by atoms with Crippen molar-refractivity contribution in [2.75, 3.05) is 26.7 Å².